The Labute approximate surface area is 101 Å². The van der Waals surface area contributed by atoms with Gasteiger partial charge in [0.25, 0.3) is 0 Å². The highest BCUT2D eigenvalue weighted by Crippen LogP contribution is 2.44. The normalized spacial score (nSPS) is 52.9. The SMILES string of the molecule is C[C@@H]1CC[C@]2(OC[C@H]3OC(C)(C)O[C@H]3[C@@H]2O)O1. The summed E-state index contributed by atoms with van der Waals surface area (Å²) < 4.78 is 23.0. The maximum Gasteiger partial charge on any atom is 0.197 e. The molecular weight excluding hydrogens is 224 g/mol. The molecule has 98 valence electrons. The van der Waals surface area contributed by atoms with Crippen LogP contribution >= 0.6 is 0 Å². The molecule has 1 spiro atoms. The van der Waals surface area contributed by atoms with Crippen molar-refractivity contribution in [3.8, 4) is 0 Å². The van der Waals surface area contributed by atoms with Gasteiger partial charge < -0.3 is 24.1 Å². The van der Waals surface area contributed by atoms with Crippen molar-refractivity contribution < 1.29 is 24.1 Å². The third-order valence-electron chi connectivity index (χ3n) is 3.78. The zero-order chi connectivity index (χ0) is 12.3. The minimum atomic E-state index is -0.885. The van der Waals surface area contributed by atoms with Gasteiger partial charge in [-0.2, -0.15) is 0 Å². The molecule has 0 saturated carbocycles. The van der Waals surface area contributed by atoms with Gasteiger partial charge in [0.15, 0.2) is 11.6 Å². The molecule has 3 aliphatic rings. The highest BCUT2D eigenvalue weighted by Gasteiger charge is 2.59. The predicted molar refractivity (Wildman–Crippen MR) is 58.3 cm³/mol. The molecule has 3 aliphatic heterocycles. The van der Waals surface area contributed by atoms with Gasteiger partial charge in [0.05, 0.1) is 12.7 Å². The molecule has 3 heterocycles. The molecular formula is C12H20O5. The second-order valence-corrected chi connectivity index (χ2v) is 5.67. The Balaban J connectivity index is 1.81. The van der Waals surface area contributed by atoms with E-state index in [-0.39, 0.29) is 18.3 Å². The van der Waals surface area contributed by atoms with Crippen LogP contribution in [0.2, 0.25) is 0 Å². The summed E-state index contributed by atoms with van der Waals surface area (Å²) in [5.41, 5.74) is 0. The molecule has 0 amide bonds. The van der Waals surface area contributed by atoms with Crippen molar-refractivity contribution in [2.75, 3.05) is 6.61 Å². The van der Waals surface area contributed by atoms with E-state index in [1.165, 1.54) is 0 Å². The topological polar surface area (TPSA) is 57.2 Å². The van der Waals surface area contributed by atoms with Crippen molar-refractivity contribution in [1.82, 2.24) is 0 Å². The zero-order valence-electron chi connectivity index (χ0n) is 10.5. The molecule has 5 heteroatoms. The summed E-state index contributed by atoms with van der Waals surface area (Å²) in [6.07, 6.45) is 0.389. The van der Waals surface area contributed by atoms with Crippen molar-refractivity contribution in [2.24, 2.45) is 0 Å². The molecule has 0 aromatic carbocycles. The van der Waals surface area contributed by atoms with Gasteiger partial charge in [-0.25, -0.2) is 0 Å². The van der Waals surface area contributed by atoms with Crippen LogP contribution in [0, 0.1) is 0 Å². The Morgan fingerprint density at radius 2 is 1.94 bits per heavy atom. The standard InChI is InChI=1S/C12H20O5/c1-7-4-5-12(15-7)10(13)9-8(6-14-12)16-11(2,3)17-9/h7-10,13H,4-6H2,1-3H3/t7-,8-,9-,10+,12+/m1/s1. The largest absolute Gasteiger partial charge is 0.385 e. The zero-order valence-corrected chi connectivity index (χ0v) is 10.5. The van der Waals surface area contributed by atoms with Gasteiger partial charge in [0.2, 0.25) is 0 Å². The van der Waals surface area contributed by atoms with Crippen LogP contribution in [-0.4, -0.2) is 47.7 Å². The summed E-state index contributed by atoms with van der Waals surface area (Å²) in [5, 5.41) is 10.4. The van der Waals surface area contributed by atoms with Crippen LogP contribution in [0.4, 0.5) is 0 Å². The fourth-order valence-electron chi connectivity index (χ4n) is 3.01. The molecule has 0 aliphatic carbocycles. The van der Waals surface area contributed by atoms with Crippen LogP contribution in [0.25, 0.3) is 0 Å². The fourth-order valence-corrected chi connectivity index (χ4v) is 3.01. The number of aliphatic hydroxyl groups excluding tert-OH is 1. The molecule has 0 aromatic heterocycles. The van der Waals surface area contributed by atoms with Crippen molar-refractivity contribution in [3.05, 3.63) is 0 Å². The number of hydrogen-bond acceptors (Lipinski definition) is 5. The molecule has 5 nitrogen and oxygen atoms in total. The van der Waals surface area contributed by atoms with E-state index in [0.29, 0.717) is 13.0 Å². The fraction of sp³-hybridized carbons (Fsp3) is 1.00. The number of rotatable bonds is 0. The van der Waals surface area contributed by atoms with Crippen molar-refractivity contribution >= 4 is 0 Å². The number of aliphatic hydroxyl groups is 1. The first-order valence-electron chi connectivity index (χ1n) is 6.27. The summed E-state index contributed by atoms with van der Waals surface area (Å²) >= 11 is 0. The van der Waals surface area contributed by atoms with E-state index < -0.39 is 17.7 Å². The highest BCUT2D eigenvalue weighted by molar-refractivity contribution is 5.00. The lowest BCUT2D eigenvalue weighted by Gasteiger charge is -2.42. The maximum atomic E-state index is 10.4. The van der Waals surface area contributed by atoms with Crippen LogP contribution in [-0.2, 0) is 18.9 Å². The van der Waals surface area contributed by atoms with Crippen LogP contribution in [0.15, 0.2) is 0 Å². The van der Waals surface area contributed by atoms with Crippen molar-refractivity contribution in [2.45, 2.75) is 69.6 Å². The summed E-state index contributed by atoms with van der Waals surface area (Å²) in [7, 11) is 0. The van der Waals surface area contributed by atoms with Crippen LogP contribution in [0.3, 0.4) is 0 Å². The van der Waals surface area contributed by atoms with Gasteiger partial charge in [-0.15, -0.1) is 0 Å². The highest BCUT2D eigenvalue weighted by atomic mass is 16.8. The lowest BCUT2D eigenvalue weighted by atomic mass is 9.94. The first-order valence-corrected chi connectivity index (χ1v) is 6.27. The van der Waals surface area contributed by atoms with Gasteiger partial charge in [-0.05, 0) is 27.2 Å². The lowest BCUT2D eigenvalue weighted by molar-refractivity contribution is -0.316. The first kappa shape index (κ1) is 11.9. The van der Waals surface area contributed by atoms with Crippen molar-refractivity contribution in [1.29, 1.82) is 0 Å². The van der Waals surface area contributed by atoms with E-state index in [9.17, 15) is 5.11 Å². The van der Waals surface area contributed by atoms with Gasteiger partial charge in [0, 0.05) is 6.42 Å². The summed E-state index contributed by atoms with van der Waals surface area (Å²) in [6, 6.07) is 0. The summed E-state index contributed by atoms with van der Waals surface area (Å²) in [5.74, 6) is -1.54. The smallest absolute Gasteiger partial charge is 0.197 e. The first-order chi connectivity index (χ1) is 7.92. The van der Waals surface area contributed by atoms with E-state index in [1.807, 2.05) is 20.8 Å². The summed E-state index contributed by atoms with van der Waals surface area (Å²) in [6.45, 7) is 6.11. The molecule has 0 bridgehead atoms. The lowest BCUT2D eigenvalue weighted by Crippen LogP contribution is -2.59. The number of hydrogen-bond donors (Lipinski definition) is 1. The monoisotopic (exact) mass is 244 g/mol. The molecule has 5 atom stereocenters. The van der Waals surface area contributed by atoms with Gasteiger partial charge in [-0.3, -0.25) is 0 Å². The van der Waals surface area contributed by atoms with Gasteiger partial charge in [0.1, 0.15) is 18.3 Å². The van der Waals surface area contributed by atoms with E-state index in [0.717, 1.165) is 6.42 Å². The van der Waals surface area contributed by atoms with Gasteiger partial charge >= 0.3 is 0 Å². The van der Waals surface area contributed by atoms with E-state index in [2.05, 4.69) is 0 Å². The second-order valence-electron chi connectivity index (χ2n) is 5.67. The molecule has 1 N–H and O–H groups in total. The maximum absolute atomic E-state index is 10.4. The summed E-state index contributed by atoms with van der Waals surface area (Å²) in [4.78, 5) is 0. The average Bonchev–Trinajstić information content (AvgIpc) is 2.75. The second kappa shape index (κ2) is 3.65. The Kier molecular flexibility index (Phi) is 2.55. The Bertz CT molecular complexity index is 318. The van der Waals surface area contributed by atoms with E-state index in [4.69, 9.17) is 18.9 Å². The molecule has 3 fully saturated rings. The number of fused-ring (bicyclic) bond motifs is 1. The molecule has 17 heavy (non-hydrogen) atoms. The van der Waals surface area contributed by atoms with Gasteiger partial charge in [-0.1, -0.05) is 0 Å². The minimum Gasteiger partial charge on any atom is -0.385 e. The average molecular weight is 244 g/mol. The van der Waals surface area contributed by atoms with Crippen LogP contribution in [0.1, 0.15) is 33.6 Å². The third kappa shape index (κ3) is 1.81. The Morgan fingerprint density at radius 1 is 1.18 bits per heavy atom. The molecule has 0 aromatic rings. The van der Waals surface area contributed by atoms with Crippen molar-refractivity contribution in [3.63, 3.8) is 0 Å². The molecule has 0 radical (unpaired) electrons. The molecule has 3 saturated heterocycles. The third-order valence-corrected chi connectivity index (χ3v) is 3.78. The quantitative estimate of drug-likeness (QED) is 0.683. The minimum absolute atomic E-state index is 0.122. The molecule has 0 unspecified atom stereocenters. The predicted octanol–water partition coefficient (Wildman–Crippen LogP) is 0.793. The Morgan fingerprint density at radius 3 is 2.59 bits per heavy atom. The number of ether oxygens (including phenoxy) is 4. The van der Waals surface area contributed by atoms with Crippen LogP contribution < -0.4 is 0 Å². The van der Waals surface area contributed by atoms with E-state index in [1.54, 1.807) is 0 Å². The van der Waals surface area contributed by atoms with Crippen LogP contribution in [0.5, 0.6) is 0 Å². The van der Waals surface area contributed by atoms with E-state index >= 15 is 0 Å². The molecule has 3 rings (SSSR count). The Hall–Kier alpha value is -0.200.